The summed E-state index contributed by atoms with van der Waals surface area (Å²) in [6.45, 7) is 0.895. The predicted molar refractivity (Wildman–Crippen MR) is 141 cm³/mol. The monoisotopic (exact) mass is 505 g/mol. The molecule has 0 unspecified atom stereocenters. The van der Waals surface area contributed by atoms with Crippen molar-refractivity contribution in [3.05, 3.63) is 102 Å². The molecule has 0 radical (unpaired) electrons. The third-order valence-electron chi connectivity index (χ3n) is 5.81. The number of hydrogen-bond acceptors (Lipinski definition) is 5. The molecule has 0 bridgehead atoms. The minimum atomic E-state index is -0.272. The van der Waals surface area contributed by atoms with Crippen molar-refractivity contribution in [2.24, 2.45) is 0 Å². The SMILES string of the molecule is COCCOc1ccc(N2C(=S)N[C@@H](c3ccccn3)[C@H]2c2ccc(-c3ccccc3)o2)cc1Cl. The standard InChI is InChI=1S/C27H24ClN3O3S/c1-32-15-16-33-23-11-10-19(17-20(23)28)31-26(25(30-27(31)35)21-9-5-6-14-29-21)24-13-12-22(34-24)18-7-3-2-4-8-18/h2-14,17,25-26H,15-16H2,1H3,(H,30,35)/t25-,26+/m0/s1. The predicted octanol–water partition coefficient (Wildman–Crippen LogP) is 6.20. The van der Waals surface area contributed by atoms with Crippen molar-refractivity contribution in [1.82, 2.24) is 10.3 Å². The quantitative estimate of drug-likeness (QED) is 0.226. The van der Waals surface area contributed by atoms with Crippen LogP contribution in [-0.2, 0) is 4.74 Å². The van der Waals surface area contributed by atoms with Gasteiger partial charge < -0.3 is 24.1 Å². The van der Waals surface area contributed by atoms with E-state index in [-0.39, 0.29) is 12.1 Å². The summed E-state index contributed by atoms with van der Waals surface area (Å²) in [5, 5.41) is 4.49. The van der Waals surface area contributed by atoms with Gasteiger partial charge in [-0.1, -0.05) is 48.0 Å². The summed E-state index contributed by atoms with van der Waals surface area (Å²) in [6.07, 6.45) is 1.78. The lowest BCUT2D eigenvalue weighted by atomic mass is 10.0. The Kier molecular flexibility index (Phi) is 6.99. The van der Waals surface area contributed by atoms with Crippen molar-refractivity contribution in [2.75, 3.05) is 25.2 Å². The van der Waals surface area contributed by atoms with Crippen molar-refractivity contribution < 1.29 is 13.9 Å². The van der Waals surface area contributed by atoms with Gasteiger partial charge in [0, 0.05) is 24.6 Å². The molecule has 0 saturated carbocycles. The van der Waals surface area contributed by atoms with E-state index in [1.54, 1.807) is 13.3 Å². The Morgan fingerprint density at radius 3 is 2.60 bits per heavy atom. The minimum absolute atomic E-state index is 0.213. The summed E-state index contributed by atoms with van der Waals surface area (Å²) in [7, 11) is 1.63. The summed E-state index contributed by atoms with van der Waals surface area (Å²) in [5.74, 6) is 2.15. The summed E-state index contributed by atoms with van der Waals surface area (Å²) in [4.78, 5) is 6.61. The highest BCUT2D eigenvalue weighted by Crippen LogP contribution is 2.44. The van der Waals surface area contributed by atoms with Crippen LogP contribution in [-0.4, -0.2) is 30.4 Å². The van der Waals surface area contributed by atoms with Crippen LogP contribution in [0.5, 0.6) is 5.75 Å². The topological polar surface area (TPSA) is 59.8 Å². The number of hydrogen-bond donors (Lipinski definition) is 1. The fraction of sp³-hybridized carbons (Fsp3) is 0.185. The Morgan fingerprint density at radius 1 is 1.03 bits per heavy atom. The summed E-state index contributed by atoms with van der Waals surface area (Å²) >= 11 is 12.4. The number of ether oxygens (including phenoxy) is 2. The molecule has 4 aromatic rings. The summed E-state index contributed by atoms with van der Waals surface area (Å²) < 4.78 is 17.2. The smallest absolute Gasteiger partial charge is 0.174 e. The van der Waals surface area contributed by atoms with Gasteiger partial charge in [0.15, 0.2) is 5.11 Å². The molecule has 1 N–H and O–H groups in total. The van der Waals surface area contributed by atoms with E-state index in [1.165, 1.54) is 0 Å². The first-order valence-corrected chi connectivity index (χ1v) is 12.0. The van der Waals surface area contributed by atoms with Crippen LogP contribution < -0.4 is 15.0 Å². The molecule has 6 nitrogen and oxygen atoms in total. The van der Waals surface area contributed by atoms with Crippen LogP contribution in [0.15, 0.2) is 89.5 Å². The van der Waals surface area contributed by atoms with Gasteiger partial charge in [-0.2, -0.15) is 0 Å². The maximum Gasteiger partial charge on any atom is 0.174 e. The molecule has 2 atom stereocenters. The molecule has 5 rings (SSSR count). The van der Waals surface area contributed by atoms with Crippen LogP contribution in [0.1, 0.15) is 23.5 Å². The van der Waals surface area contributed by atoms with Crippen LogP contribution in [0, 0.1) is 0 Å². The number of furan rings is 1. The first-order valence-electron chi connectivity index (χ1n) is 11.2. The second kappa shape index (κ2) is 10.5. The van der Waals surface area contributed by atoms with Crippen LogP contribution in [0.2, 0.25) is 5.02 Å². The summed E-state index contributed by atoms with van der Waals surface area (Å²) in [5.41, 5.74) is 2.70. The van der Waals surface area contributed by atoms with Crippen LogP contribution >= 0.6 is 23.8 Å². The molecule has 178 valence electrons. The molecule has 35 heavy (non-hydrogen) atoms. The molecular formula is C27H24ClN3O3S. The van der Waals surface area contributed by atoms with Crippen molar-refractivity contribution >= 4 is 34.6 Å². The molecule has 1 saturated heterocycles. The number of benzene rings is 2. The van der Waals surface area contributed by atoms with Gasteiger partial charge in [0.25, 0.3) is 0 Å². The van der Waals surface area contributed by atoms with E-state index >= 15 is 0 Å². The molecule has 2 aromatic carbocycles. The first kappa shape index (κ1) is 23.4. The molecule has 1 aliphatic rings. The average Bonchev–Trinajstić information content (AvgIpc) is 3.51. The van der Waals surface area contributed by atoms with Crippen molar-refractivity contribution in [3.63, 3.8) is 0 Å². The number of methoxy groups -OCH3 is 1. The molecule has 0 amide bonds. The molecule has 8 heteroatoms. The third-order valence-corrected chi connectivity index (χ3v) is 6.42. The molecular weight excluding hydrogens is 482 g/mol. The van der Waals surface area contributed by atoms with Crippen molar-refractivity contribution in [3.8, 4) is 17.1 Å². The highest BCUT2D eigenvalue weighted by Gasteiger charge is 2.42. The summed E-state index contributed by atoms with van der Waals surface area (Å²) in [6, 6.07) is 25.0. The van der Waals surface area contributed by atoms with Crippen LogP contribution in [0.3, 0.4) is 0 Å². The van der Waals surface area contributed by atoms with Gasteiger partial charge >= 0.3 is 0 Å². The van der Waals surface area contributed by atoms with Gasteiger partial charge in [0.2, 0.25) is 0 Å². The first-order chi connectivity index (χ1) is 17.2. The third kappa shape index (κ3) is 4.89. The van der Waals surface area contributed by atoms with E-state index in [2.05, 4.69) is 10.3 Å². The molecule has 0 spiro atoms. The zero-order valence-electron chi connectivity index (χ0n) is 19.1. The highest BCUT2D eigenvalue weighted by molar-refractivity contribution is 7.80. The van der Waals surface area contributed by atoms with Gasteiger partial charge in [-0.3, -0.25) is 4.98 Å². The largest absolute Gasteiger partial charge is 0.490 e. The average molecular weight is 506 g/mol. The van der Waals surface area contributed by atoms with E-state index in [1.807, 2.05) is 83.8 Å². The molecule has 0 aliphatic carbocycles. The zero-order chi connectivity index (χ0) is 24.2. The molecule has 3 heterocycles. The Hall–Kier alpha value is -3.39. The van der Waals surface area contributed by atoms with Crippen molar-refractivity contribution in [1.29, 1.82) is 0 Å². The van der Waals surface area contributed by atoms with E-state index in [9.17, 15) is 0 Å². The van der Waals surface area contributed by atoms with E-state index in [0.29, 0.717) is 29.1 Å². The Labute approximate surface area is 214 Å². The maximum absolute atomic E-state index is 6.57. The van der Waals surface area contributed by atoms with E-state index < -0.39 is 0 Å². The van der Waals surface area contributed by atoms with Gasteiger partial charge in [-0.05, 0) is 54.7 Å². The Balaban J connectivity index is 1.53. The second-order valence-electron chi connectivity index (χ2n) is 8.02. The number of thiocarbonyl (C=S) groups is 1. The number of nitrogens with zero attached hydrogens (tertiary/aromatic N) is 2. The molecule has 2 aromatic heterocycles. The van der Waals surface area contributed by atoms with Gasteiger partial charge in [-0.25, -0.2) is 0 Å². The molecule has 1 aliphatic heterocycles. The van der Waals surface area contributed by atoms with Crippen molar-refractivity contribution in [2.45, 2.75) is 12.1 Å². The van der Waals surface area contributed by atoms with Crippen LogP contribution in [0.25, 0.3) is 11.3 Å². The Bertz CT molecular complexity index is 1300. The number of aromatic nitrogens is 1. The number of pyridine rings is 1. The minimum Gasteiger partial charge on any atom is -0.490 e. The maximum atomic E-state index is 6.57. The second-order valence-corrected chi connectivity index (χ2v) is 8.81. The number of nitrogens with one attached hydrogen (secondary N) is 1. The van der Waals surface area contributed by atoms with Gasteiger partial charge in [0.1, 0.15) is 29.9 Å². The van der Waals surface area contributed by atoms with Gasteiger partial charge in [0.05, 0.1) is 23.4 Å². The van der Waals surface area contributed by atoms with Gasteiger partial charge in [-0.15, -0.1) is 0 Å². The fourth-order valence-corrected chi connectivity index (χ4v) is 4.76. The van der Waals surface area contributed by atoms with Crippen LogP contribution in [0.4, 0.5) is 5.69 Å². The highest BCUT2D eigenvalue weighted by atomic mass is 35.5. The zero-order valence-corrected chi connectivity index (χ0v) is 20.6. The lowest BCUT2D eigenvalue weighted by Gasteiger charge is -2.26. The number of rotatable bonds is 8. The number of halogens is 1. The lowest BCUT2D eigenvalue weighted by Crippen LogP contribution is -2.29. The lowest BCUT2D eigenvalue weighted by molar-refractivity contribution is 0.146. The fourth-order valence-electron chi connectivity index (χ4n) is 4.18. The normalized spacial score (nSPS) is 17.4. The molecule has 1 fully saturated rings. The Morgan fingerprint density at radius 2 is 1.86 bits per heavy atom. The number of anilines is 1. The van der Waals surface area contributed by atoms with E-state index in [4.69, 9.17) is 37.7 Å². The van der Waals surface area contributed by atoms with E-state index in [0.717, 1.165) is 28.5 Å².